The number of benzene rings is 2. The average molecular weight is 216 g/mol. The second-order valence-electron chi connectivity index (χ2n) is 3.59. The van der Waals surface area contributed by atoms with Gasteiger partial charge in [0, 0.05) is 0 Å². The van der Waals surface area contributed by atoms with Crippen molar-refractivity contribution in [2.75, 3.05) is 0 Å². The molecular formula is C12H12N2O2. The van der Waals surface area contributed by atoms with Gasteiger partial charge in [-0.15, -0.1) is 0 Å². The van der Waals surface area contributed by atoms with Gasteiger partial charge in [0.05, 0.1) is 6.54 Å². The van der Waals surface area contributed by atoms with Crippen LogP contribution in [0.4, 0.5) is 4.79 Å². The van der Waals surface area contributed by atoms with E-state index in [0.29, 0.717) is 0 Å². The summed E-state index contributed by atoms with van der Waals surface area (Å²) in [4.78, 5) is 10.6. The van der Waals surface area contributed by atoms with Crippen LogP contribution in [0, 0.1) is 0 Å². The van der Waals surface area contributed by atoms with Gasteiger partial charge < -0.3 is 5.11 Å². The van der Waals surface area contributed by atoms with Crippen LogP contribution in [0.15, 0.2) is 42.5 Å². The molecule has 0 aliphatic carbocycles. The summed E-state index contributed by atoms with van der Waals surface area (Å²) in [6, 6.07) is 13.7. The van der Waals surface area contributed by atoms with Crippen molar-refractivity contribution in [3.8, 4) is 0 Å². The minimum atomic E-state index is -1.13. The molecule has 0 aliphatic rings. The van der Waals surface area contributed by atoms with Gasteiger partial charge >= 0.3 is 6.09 Å². The maximum atomic E-state index is 10.6. The topological polar surface area (TPSA) is 66.6 Å². The number of rotatable bonds is 2. The molecule has 1 amide bonds. The molecule has 0 radical (unpaired) electrons. The third-order valence-corrected chi connectivity index (χ3v) is 2.41. The fourth-order valence-corrected chi connectivity index (χ4v) is 1.60. The molecule has 0 aromatic heterocycles. The molecule has 0 heterocycles. The highest BCUT2D eigenvalue weighted by molar-refractivity contribution is 5.83. The van der Waals surface area contributed by atoms with E-state index >= 15 is 0 Å². The maximum absolute atomic E-state index is 10.6. The molecule has 0 spiro atoms. The molecule has 4 nitrogen and oxygen atoms in total. The molecule has 0 bridgehead atoms. The maximum Gasteiger partial charge on any atom is 0.421 e. The van der Waals surface area contributed by atoms with Gasteiger partial charge in [-0.2, -0.15) is 0 Å². The van der Waals surface area contributed by atoms with Crippen LogP contribution in [-0.2, 0) is 6.54 Å². The Bertz CT molecular complexity index is 525. The second-order valence-corrected chi connectivity index (χ2v) is 3.59. The van der Waals surface area contributed by atoms with Crippen molar-refractivity contribution in [3.63, 3.8) is 0 Å². The summed E-state index contributed by atoms with van der Waals surface area (Å²) in [6.07, 6.45) is -1.13. The SMILES string of the molecule is NN(Cc1ccc2ccccc2c1)C(=O)O. The molecule has 2 aromatic rings. The van der Waals surface area contributed by atoms with E-state index in [1.54, 1.807) is 0 Å². The van der Waals surface area contributed by atoms with E-state index in [1.165, 1.54) is 0 Å². The fraction of sp³-hybridized carbons (Fsp3) is 0.0833. The van der Waals surface area contributed by atoms with Gasteiger partial charge in [-0.25, -0.2) is 15.6 Å². The van der Waals surface area contributed by atoms with E-state index in [0.717, 1.165) is 21.3 Å². The summed E-state index contributed by atoms with van der Waals surface area (Å²) in [7, 11) is 0. The van der Waals surface area contributed by atoms with E-state index in [1.807, 2.05) is 42.5 Å². The number of carbonyl (C=O) groups is 1. The Morgan fingerprint density at radius 3 is 2.56 bits per heavy atom. The van der Waals surface area contributed by atoms with Crippen molar-refractivity contribution in [3.05, 3.63) is 48.0 Å². The summed E-state index contributed by atoms with van der Waals surface area (Å²) in [5.41, 5.74) is 0.878. The number of hydrogen-bond donors (Lipinski definition) is 2. The highest BCUT2D eigenvalue weighted by atomic mass is 16.4. The van der Waals surface area contributed by atoms with Crippen molar-refractivity contribution in [1.29, 1.82) is 0 Å². The number of amides is 1. The van der Waals surface area contributed by atoms with E-state index < -0.39 is 6.09 Å². The lowest BCUT2D eigenvalue weighted by molar-refractivity contribution is 0.143. The lowest BCUT2D eigenvalue weighted by Crippen LogP contribution is -2.35. The zero-order chi connectivity index (χ0) is 11.5. The first-order chi connectivity index (χ1) is 7.66. The Hall–Kier alpha value is -2.07. The summed E-state index contributed by atoms with van der Waals surface area (Å²) in [5, 5.41) is 11.6. The van der Waals surface area contributed by atoms with Crippen molar-refractivity contribution < 1.29 is 9.90 Å². The van der Waals surface area contributed by atoms with E-state index in [4.69, 9.17) is 10.9 Å². The smallest absolute Gasteiger partial charge is 0.421 e. The fourth-order valence-electron chi connectivity index (χ4n) is 1.60. The molecule has 16 heavy (non-hydrogen) atoms. The lowest BCUT2D eigenvalue weighted by Gasteiger charge is -2.12. The monoisotopic (exact) mass is 216 g/mol. The quantitative estimate of drug-likeness (QED) is 0.459. The van der Waals surface area contributed by atoms with Gasteiger partial charge in [0.1, 0.15) is 0 Å². The Morgan fingerprint density at radius 1 is 1.19 bits per heavy atom. The molecule has 0 saturated heterocycles. The van der Waals surface area contributed by atoms with Gasteiger partial charge in [-0.05, 0) is 22.4 Å². The molecule has 3 N–H and O–H groups in total. The lowest BCUT2D eigenvalue weighted by atomic mass is 10.1. The van der Waals surface area contributed by atoms with Crippen molar-refractivity contribution in [1.82, 2.24) is 5.01 Å². The van der Waals surface area contributed by atoms with Gasteiger partial charge in [0.2, 0.25) is 0 Å². The van der Waals surface area contributed by atoms with Gasteiger partial charge in [0.25, 0.3) is 0 Å². The summed E-state index contributed by atoms with van der Waals surface area (Å²) in [6.45, 7) is 0.195. The van der Waals surface area contributed by atoms with Crippen LogP contribution in [-0.4, -0.2) is 16.2 Å². The summed E-state index contributed by atoms with van der Waals surface area (Å²) < 4.78 is 0. The molecule has 2 aromatic carbocycles. The van der Waals surface area contributed by atoms with E-state index in [-0.39, 0.29) is 6.54 Å². The normalized spacial score (nSPS) is 10.3. The van der Waals surface area contributed by atoms with Crippen LogP contribution in [0.5, 0.6) is 0 Å². The van der Waals surface area contributed by atoms with Gasteiger partial charge in [0.15, 0.2) is 0 Å². The number of carboxylic acid groups (broad SMARTS) is 1. The van der Waals surface area contributed by atoms with Crippen LogP contribution in [0.2, 0.25) is 0 Å². The molecule has 4 heteroatoms. The molecule has 2 rings (SSSR count). The number of nitrogens with two attached hydrogens (primary N) is 1. The third kappa shape index (κ3) is 2.12. The zero-order valence-corrected chi connectivity index (χ0v) is 8.63. The van der Waals surface area contributed by atoms with Gasteiger partial charge in [-0.1, -0.05) is 36.4 Å². The molecule has 0 saturated carbocycles. The average Bonchev–Trinajstić information content (AvgIpc) is 2.28. The highest BCUT2D eigenvalue weighted by Crippen LogP contribution is 2.16. The molecule has 0 unspecified atom stereocenters. The standard InChI is InChI=1S/C12H12N2O2/c13-14(12(15)16)8-9-5-6-10-3-1-2-4-11(10)7-9/h1-7H,8,13H2,(H,15,16). The van der Waals surface area contributed by atoms with Crippen LogP contribution in [0.1, 0.15) is 5.56 Å². The molecular weight excluding hydrogens is 204 g/mol. The van der Waals surface area contributed by atoms with Gasteiger partial charge in [-0.3, -0.25) is 0 Å². The molecule has 0 fully saturated rings. The minimum absolute atomic E-state index is 0.195. The molecule has 82 valence electrons. The Morgan fingerprint density at radius 2 is 1.88 bits per heavy atom. The Balaban J connectivity index is 2.29. The van der Waals surface area contributed by atoms with Crippen LogP contribution >= 0.6 is 0 Å². The third-order valence-electron chi connectivity index (χ3n) is 2.41. The van der Waals surface area contributed by atoms with Crippen LogP contribution in [0.25, 0.3) is 10.8 Å². The zero-order valence-electron chi connectivity index (χ0n) is 8.63. The molecule has 0 atom stereocenters. The predicted molar refractivity (Wildman–Crippen MR) is 61.7 cm³/mol. The second kappa shape index (κ2) is 4.20. The van der Waals surface area contributed by atoms with Crippen LogP contribution in [0.3, 0.4) is 0 Å². The first-order valence-corrected chi connectivity index (χ1v) is 4.89. The summed E-state index contributed by atoms with van der Waals surface area (Å²) in [5.74, 6) is 5.33. The number of fused-ring (bicyclic) bond motifs is 1. The first kappa shape index (κ1) is 10.4. The molecule has 0 aliphatic heterocycles. The first-order valence-electron chi connectivity index (χ1n) is 4.89. The minimum Gasteiger partial charge on any atom is -0.464 e. The van der Waals surface area contributed by atoms with E-state index in [9.17, 15) is 4.79 Å². The largest absolute Gasteiger partial charge is 0.464 e. The van der Waals surface area contributed by atoms with Crippen molar-refractivity contribution in [2.24, 2.45) is 5.84 Å². The van der Waals surface area contributed by atoms with Crippen molar-refractivity contribution >= 4 is 16.9 Å². The van der Waals surface area contributed by atoms with Crippen molar-refractivity contribution in [2.45, 2.75) is 6.54 Å². The predicted octanol–water partition coefficient (Wildman–Crippen LogP) is 2.19. The number of hydrogen-bond acceptors (Lipinski definition) is 2. The number of hydrazine groups is 1. The number of nitrogens with zero attached hydrogens (tertiary/aromatic N) is 1. The Labute approximate surface area is 92.9 Å². The van der Waals surface area contributed by atoms with E-state index in [2.05, 4.69) is 0 Å². The Kier molecular flexibility index (Phi) is 2.74. The summed E-state index contributed by atoms with van der Waals surface area (Å²) >= 11 is 0. The van der Waals surface area contributed by atoms with Crippen LogP contribution < -0.4 is 5.84 Å². The highest BCUT2D eigenvalue weighted by Gasteiger charge is 2.06.